The molecule has 0 radical (unpaired) electrons. The van der Waals surface area contributed by atoms with Gasteiger partial charge in [0.1, 0.15) is 5.01 Å². The standard InChI is InChI=1S/C14H27N3S/c1-5-12-9-17-13(18-12)10-16-8-11(7-15)6-14(2,3)4/h9,11,16H,5-8,10,15H2,1-4H3. The Morgan fingerprint density at radius 1 is 1.44 bits per heavy atom. The number of thiazole rings is 1. The van der Waals surface area contributed by atoms with Gasteiger partial charge in [0.2, 0.25) is 0 Å². The number of aromatic nitrogens is 1. The van der Waals surface area contributed by atoms with Crippen LogP contribution in [0, 0.1) is 11.3 Å². The molecule has 1 unspecified atom stereocenters. The van der Waals surface area contributed by atoms with E-state index in [1.807, 2.05) is 6.20 Å². The molecule has 0 bridgehead atoms. The highest BCUT2D eigenvalue weighted by Gasteiger charge is 2.17. The summed E-state index contributed by atoms with van der Waals surface area (Å²) >= 11 is 1.80. The van der Waals surface area contributed by atoms with Gasteiger partial charge in [0.25, 0.3) is 0 Å². The molecular formula is C14H27N3S. The summed E-state index contributed by atoms with van der Waals surface area (Å²) in [5, 5.41) is 4.66. The second-order valence-corrected chi connectivity index (χ2v) is 7.27. The van der Waals surface area contributed by atoms with Crippen molar-refractivity contribution in [1.82, 2.24) is 10.3 Å². The third kappa shape index (κ3) is 5.94. The summed E-state index contributed by atoms with van der Waals surface area (Å²) in [5.41, 5.74) is 6.18. The smallest absolute Gasteiger partial charge is 0.107 e. The molecule has 18 heavy (non-hydrogen) atoms. The van der Waals surface area contributed by atoms with Crippen molar-refractivity contribution >= 4 is 11.3 Å². The van der Waals surface area contributed by atoms with E-state index in [0.29, 0.717) is 11.3 Å². The quantitative estimate of drug-likeness (QED) is 0.800. The summed E-state index contributed by atoms with van der Waals surface area (Å²) in [6, 6.07) is 0. The lowest BCUT2D eigenvalue weighted by Gasteiger charge is -2.25. The van der Waals surface area contributed by atoms with Crippen LogP contribution in [0.2, 0.25) is 0 Å². The van der Waals surface area contributed by atoms with Crippen LogP contribution in [0.5, 0.6) is 0 Å². The fraction of sp³-hybridized carbons (Fsp3) is 0.786. The van der Waals surface area contributed by atoms with Gasteiger partial charge in [-0.3, -0.25) is 0 Å². The number of rotatable bonds is 7. The zero-order valence-corrected chi connectivity index (χ0v) is 12.9. The van der Waals surface area contributed by atoms with Crippen molar-refractivity contribution in [3.8, 4) is 0 Å². The van der Waals surface area contributed by atoms with Crippen molar-refractivity contribution in [3.05, 3.63) is 16.1 Å². The fourth-order valence-electron chi connectivity index (χ4n) is 2.08. The van der Waals surface area contributed by atoms with E-state index in [9.17, 15) is 0 Å². The van der Waals surface area contributed by atoms with Gasteiger partial charge in [0, 0.05) is 17.6 Å². The van der Waals surface area contributed by atoms with E-state index in [1.54, 1.807) is 11.3 Å². The molecule has 0 spiro atoms. The predicted molar refractivity (Wildman–Crippen MR) is 79.8 cm³/mol. The SMILES string of the molecule is CCc1cnc(CNCC(CN)CC(C)(C)C)s1. The lowest BCUT2D eigenvalue weighted by molar-refractivity contribution is 0.289. The van der Waals surface area contributed by atoms with E-state index in [-0.39, 0.29) is 0 Å². The normalized spacial score (nSPS) is 13.8. The average Bonchev–Trinajstić information content (AvgIpc) is 2.74. The van der Waals surface area contributed by atoms with Gasteiger partial charge in [-0.1, -0.05) is 27.7 Å². The minimum atomic E-state index is 0.349. The van der Waals surface area contributed by atoms with Crippen LogP contribution in [0.3, 0.4) is 0 Å². The highest BCUT2D eigenvalue weighted by Crippen LogP contribution is 2.23. The summed E-state index contributed by atoms with van der Waals surface area (Å²) in [6.07, 6.45) is 4.22. The minimum Gasteiger partial charge on any atom is -0.330 e. The van der Waals surface area contributed by atoms with E-state index in [1.165, 1.54) is 9.88 Å². The maximum atomic E-state index is 5.83. The summed E-state index contributed by atoms with van der Waals surface area (Å²) in [5.74, 6) is 0.551. The van der Waals surface area contributed by atoms with Crippen LogP contribution in [-0.4, -0.2) is 18.1 Å². The second kappa shape index (κ2) is 7.22. The molecule has 0 aliphatic heterocycles. The molecule has 3 N–H and O–H groups in total. The van der Waals surface area contributed by atoms with Crippen LogP contribution in [0.15, 0.2) is 6.20 Å². The molecule has 0 saturated heterocycles. The number of nitrogens with one attached hydrogen (secondary N) is 1. The molecule has 0 fully saturated rings. The lowest BCUT2D eigenvalue weighted by atomic mass is 9.84. The van der Waals surface area contributed by atoms with Crippen molar-refractivity contribution in [2.24, 2.45) is 17.1 Å². The summed E-state index contributed by atoms with van der Waals surface area (Å²) in [4.78, 5) is 5.77. The number of hydrogen-bond donors (Lipinski definition) is 2. The molecule has 0 saturated carbocycles. The predicted octanol–water partition coefficient (Wildman–Crippen LogP) is 2.81. The third-order valence-electron chi connectivity index (χ3n) is 2.89. The number of aryl methyl sites for hydroxylation is 1. The third-order valence-corrected chi connectivity index (χ3v) is 4.04. The highest BCUT2D eigenvalue weighted by atomic mass is 32.1. The van der Waals surface area contributed by atoms with Gasteiger partial charge >= 0.3 is 0 Å². The van der Waals surface area contributed by atoms with E-state index in [4.69, 9.17) is 5.73 Å². The first-order chi connectivity index (χ1) is 8.44. The average molecular weight is 269 g/mol. The van der Waals surface area contributed by atoms with Gasteiger partial charge in [0.15, 0.2) is 0 Å². The van der Waals surface area contributed by atoms with Crippen LogP contribution in [0.4, 0.5) is 0 Å². The van der Waals surface area contributed by atoms with Crippen LogP contribution >= 0.6 is 11.3 Å². The van der Waals surface area contributed by atoms with Gasteiger partial charge in [-0.05, 0) is 37.3 Å². The molecule has 4 heteroatoms. The Hall–Kier alpha value is -0.450. The highest BCUT2D eigenvalue weighted by molar-refractivity contribution is 7.11. The number of hydrogen-bond acceptors (Lipinski definition) is 4. The maximum absolute atomic E-state index is 5.83. The topological polar surface area (TPSA) is 50.9 Å². The van der Waals surface area contributed by atoms with Crippen LogP contribution in [0.1, 0.15) is 44.0 Å². The van der Waals surface area contributed by atoms with E-state index >= 15 is 0 Å². The molecular weight excluding hydrogens is 242 g/mol. The van der Waals surface area contributed by atoms with Gasteiger partial charge in [0.05, 0.1) is 0 Å². The van der Waals surface area contributed by atoms with Crippen LogP contribution in [-0.2, 0) is 13.0 Å². The lowest BCUT2D eigenvalue weighted by Crippen LogP contribution is -2.31. The van der Waals surface area contributed by atoms with E-state index in [2.05, 4.69) is 38.0 Å². The van der Waals surface area contributed by atoms with Crippen LogP contribution in [0.25, 0.3) is 0 Å². The molecule has 1 heterocycles. The van der Waals surface area contributed by atoms with E-state index in [0.717, 1.165) is 32.5 Å². The zero-order valence-electron chi connectivity index (χ0n) is 12.1. The second-order valence-electron chi connectivity index (χ2n) is 6.07. The van der Waals surface area contributed by atoms with Crippen molar-refractivity contribution < 1.29 is 0 Å². The molecule has 0 aliphatic carbocycles. The molecule has 1 rings (SSSR count). The molecule has 1 atom stereocenters. The number of nitrogens with two attached hydrogens (primary N) is 1. The first-order valence-electron chi connectivity index (χ1n) is 6.79. The van der Waals surface area contributed by atoms with Gasteiger partial charge in [-0.2, -0.15) is 0 Å². The summed E-state index contributed by atoms with van der Waals surface area (Å²) in [7, 11) is 0. The largest absolute Gasteiger partial charge is 0.330 e. The number of nitrogens with zero attached hydrogens (tertiary/aromatic N) is 1. The Balaban J connectivity index is 2.31. The Bertz CT molecular complexity index is 341. The minimum absolute atomic E-state index is 0.349. The van der Waals surface area contributed by atoms with Crippen molar-refractivity contribution in [1.29, 1.82) is 0 Å². The van der Waals surface area contributed by atoms with Gasteiger partial charge < -0.3 is 11.1 Å². The first kappa shape index (κ1) is 15.6. The van der Waals surface area contributed by atoms with E-state index < -0.39 is 0 Å². The molecule has 1 aromatic rings. The molecule has 1 aromatic heterocycles. The summed E-state index contributed by atoms with van der Waals surface area (Å²) < 4.78 is 0. The maximum Gasteiger partial charge on any atom is 0.107 e. The molecule has 0 amide bonds. The van der Waals surface area contributed by atoms with Gasteiger partial charge in [-0.15, -0.1) is 11.3 Å². The zero-order chi connectivity index (χ0) is 13.6. The van der Waals surface area contributed by atoms with Crippen molar-refractivity contribution in [2.75, 3.05) is 13.1 Å². The molecule has 104 valence electrons. The van der Waals surface area contributed by atoms with Crippen molar-refractivity contribution in [2.45, 2.75) is 47.1 Å². The summed E-state index contributed by atoms with van der Waals surface area (Å²) in [6.45, 7) is 11.6. The van der Waals surface area contributed by atoms with Crippen LogP contribution < -0.4 is 11.1 Å². The first-order valence-corrected chi connectivity index (χ1v) is 7.60. The van der Waals surface area contributed by atoms with Gasteiger partial charge in [-0.25, -0.2) is 4.98 Å². The molecule has 0 aromatic carbocycles. The van der Waals surface area contributed by atoms with Crippen molar-refractivity contribution in [3.63, 3.8) is 0 Å². The monoisotopic (exact) mass is 269 g/mol. The Kier molecular flexibility index (Phi) is 6.26. The Morgan fingerprint density at radius 3 is 2.67 bits per heavy atom. The molecule has 0 aliphatic rings. The molecule has 3 nitrogen and oxygen atoms in total. The Morgan fingerprint density at radius 2 is 2.17 bits per heavy atom. The Labute approximate surface area is 115 Å². The fourth-order valence-corrected chi connectivity index (χ4v) is 2.91.